The summed E-state index contributed by atoms with van der Waals surface area (Å²) in [5, 5.41) is 25.5. The van der Waals surface area contributed by atoms with Crippen LogP contribution >= 0.6 is 11.6 Å². The molecular weight excluding hydrogens is 518 g/mol. The minimum absolute atomic E-state index is 0.0414. The summed E-state index contributed by atoms with van der Waals surface area (Å²) in [4.78, 5) is 25.3. The van der Waals surface area contributed by atoms with Crippen LogP contribution in [0.3, 0.4) is 0 Å². The van der Waals surface area contributed by atoms with Crippen molar-refractivity contribution in [3.63, 3.8) is 0 Å². The molecule has 3 aromatic rings. The van der Waals surface area contributed by atoms with Crippen LogP contribution < -0.4 is 15.2 Å². The normalized spacial score (nSPS) is 18.1. The molecule has 1 aliphatic rings. The van der Waals surface area contributed by atoms with Crippen molar-refractivity contribution in [2.75, 3.05) is 19.1 Å². The number of aryl methyl sites for hydroxylation is 1. The predicted molar refractivity (Wildman–Crippen MR) is 153 cm³/mol. The molecule has 0 amide bonds. The van der Waals surface area contributed by atoms with Crippen LogP contribution in [0, 0.1) is 17.2 Å². The van der Waals surface area contributed by atoms with Gasteiger partial charge in [-0.05, 0) is 70.7 Å². The average Bonchev–Trinajstić information content (AvgIpc) is 2.90. The molecule has 0 unspecified atom stereocenters. The SMILES string of the molecule is COc1ccc(/C(=N\OC(C)(C)C)C2CCC(N(C)c3c(C#N)c(=O)n(C)c4ccc(Cl)nc34)CC2)c(O)c1. The Morgan fingerprint density at radius 3 is 2.51 bits per heavy atom. The number of anilines is 1. The summed E-state index contributed by atoms with van der Waals surface area (Å²) in [7, 11) is 5.08. The van der Waals surface area contributed by atoms with Crippen molar-refractivity contribution in [1.29, 1.82) is 5.26 Å². The third-order valence-electron chi connectivity index (χ3n) is 7.18. The third-order valence-corrected chi connectivity index (χ3v) is 7.39. The van der Waals surface area contributed by atoms with Gasteiger partial charge < -0.3 is 24.1 Å². The smallest absolute Gasteiger partial charge is 0.270 e. The maximum absolute atomic E-state index is 13.0. The molecule has 0 atom stereocenters. The van der Waals surface area contributed by atoms with E-state index in [9.17, 15) is 15.2 Å². The lowest BCUT2D eigenvalue weighted by Gasteiger charge is -2.37. The van der Waals surface area contributed by atoms with Crippen LogP contribution in [0.15, 0.2) is 40.3 Å². The minimum Gasteiger partial charge on any atom is -0.507 e. The standard InChI is InChI=1S/C29H34ClN5O4/c1-29(2,3)39-33-25(20-12-11-19(38-6)15-23(20)36)17-7-9-18(10-8-17)34(4)27-21(16-31)28(37)35(5)22-13-14-24(30)32-26(22)27/h11-15,17-18,36H,7-10H2,1-6H3/b33-25-. The fourth-order valence-electron chi connectivity index (χ4n) is 5.12. The van der Waals surface area contributed by atoms with Gasteiger partial charge in [-0.3, -0.25) is 4.79 Å². The number of nitrogens with zero attached hydrogens (tertiary/aromatic N) is 5. The van der Waals surface area contributed by atoms with Crippen molar-refractivity contribution < 1.29 is 14.7 Å². The molecule has 10 heteroatoms. The molecule has 39 heavy (non-hydrogen) atoms. The van der Waals surface area contributed by atoms with Crippen LogP contribution in [0.4, 0.5) is 5.69 Å². The number of halogens is 1. The lowest BCUT2D eigenvalue weighted by atomic mass is 9.80. The van der Waals surface area contributed by atoms with Crippen LogP contribution in [0.1, 0.15) is 57.6 Å². The molecule has 1 aliphatic carbocycles. The lowest BCUT2D eigenvalue weighted by Crippen LogP contribution is -2.39. The van der Waals surface area contributed by atoms with Crippen molar-refractivity contribution in [3.05, 3.63) is 57.0 Å². The number of hydrogen-bond acceptors (Lipinski definition) is 8. The van der Waals surface area contributed by atoms with Crippen molar-refractivity contribution >= 4 is 34.0 Å². The molecule has 0 aliphatic heterocycles. The summed E-state index contributed by atoms with van der Waals surface area (Å²) < 4.78 is 6.68. The maximum atomic E-state index is 13.0. The highest BCUT2D eigenvalue weighted by Crippen LogP contribution is 2.37. The Balaban J connectivity index is 1.65. The van der Waals surface area contributed by atoms with Gasteiger partial charge in [-0.1, -0.05) is 16.8 Å². The van der Waals surface area contributed by atoms with E-state index in [1.165, 1.54) is 4.57 Å². The van der Waals surface area contributed by atoms with E-state index in [2.05, 4.69) is 16.2 Å². The zero-order valence-electron chi connectivity index (χ0n) is 23.2. The quantitative estimate of drug-likeness (QED) is 0.248. The largest absolute Gasteiger partial charge is 0.507 e. The Morgan fingerprint density at radius 1 is 1.23 bits per heavy atom. The van der Waals surface area contributed by atoms with E-state index in [0.717, 1.165) is 25.7 Å². The number of phenols is 1. The fraction of sp³-hybridized carbons (Fsp3) is 0.448. The number of methoxy groups -OCH3 is 1. The van der Waals surface area contributed by atoms with Crippen molar-refractivity contribution in [2.45, 2.75) is 58.1 Å². The Hall–Kier alpha value is -3.77. The molecule has 0 bridgehead atoms. The highest BCUT2D eigenvalue weighted by molar-refractivity contribution is 6.29. The molecule has 4 rings (SSSR count). The van der Waals surface area contributed by atoms with E-state index in [-0.39, 0.29) is 28.8 Å². The number of phenolic OH excluding ortho intramolecular Hbond substituents is 1. The molecule has 2 heterocycles. The van der Waals surface area contributed by atoms with Gasteiger partial charge in [-0.2, -0.15) is 5.26 Å². The summed E-state index contributed by atoms with van der Waals surface area (Å²) in [5.74, 6) is 0.679. The number of pyridine rings is 2. The van der Waals surface area contributed by atoms with Crippen LogP contribution in [0.25, 0.3) is 11.0 Å². The monoisotopic (exact) mass is 551 g/mol. The summed E-state index contributed by atoms with van der Waals surface area (Å²) in [6, 6.07) is 10.7. The molecule has 1 N–H and O–H groups in total. The summed E-state index contributed by atoms with van der Waals surface area (Å²) >= 11 is 6.22. The average molecular weight is 552 g/mol. The molecular formula is C29H34ClN5O4. The van der Waals surface area contributed by atoms with Crippen LogP contribution in [0.2, 0.25) is 5.15 Å². The Labute approximate surface area is 233 Å². The summed E-state index contributed by atoms with van der Waals surface area (Å²) in [5.41, 5.74) is 2.13. The van der Waals surface area contributed by atoms with Crippen LogP contribution in [0.5, 0.6) is 11.5 Å². The van der Waals surface area contributed by atoms with Crippen molar-refractivity contribution in [3.8, 4) is 17.6 Å². The number of hydrogen-bond donors (Lipinski definition) is 1. The number of benzene rings is 1. The Morgan fingerprint density at radius 2 is 1.92 bits per heavy atom. The number of oxime groups is 1. The van der Waals surface area contributed by atoms with Gasteiger partial charge in [-0.25, -0.2) is 4.98 Å². The highest BCUT2D eigenvalue weighted by atomic mass is 35.5. The molecule has 0 saturated heterocycles. The molecule has 0 spiro atoms. The van der Waals surface area contributed by atoms with Gasteiger partial charge >= 0.3 is 0 Å². The van der Waals surface area contributed by atoms with Crippen LogP contribution in [-0.2, 0) is 11.9 Å². The van der Waals surface area contributed by atoms with Crippen molar-refractivity contribution in [1.82, 2.24) is 9.55 Å². The van der Waals surface area contributed by atoms with E-state index >= 15 is 0 Å². The van der Waals surface area contributed by atoms with E-state index in [1.807, 2.05) is 32.7 Å². The van der Waals surface area contributed by atoms with Crippen LogP contribution in [-0.4, -0.2) is 46.2 Å². The number of aromatic nitrogens is 2. The highest BCUT2D eigenvalue weighted by Gasteiger charge is 2.32. The maximum Gasteiger partial charge on any atom is 0.270 e. The van der Waals surface area contributed by atoms with Gasteiger partial charge in [0.25, 0.3) is 5.56 Å². The predicted octanol–water partition coefficient (Wildman–Crippen LogP) is 5.39. The molecule has 9 nitrogen and oxygen atoms in total. The number of fused-ring (bicyclic) bond motifs is 1. The molecule has 0 radical (unpaired) electrons. The summed E-state index contributed by atoms with van der Waals surface area (Å²) in [6.07, 6.45) is 3.08. The molecule has 1 saturated carbocycles. The first-order valence-corrected chi connectivity index (χ1v) is 13.3. The second kappa shape index (κ2) is 11.1. The molecule has 206 valence electrons. The number of aromatic hydroxyl groups is 1. The van der Waals surface area contributed by atoms with Gasteiger partial charge in [0.2, 0.25) is 0 Å². The number of ether oxygens (including phenoxy) is 1. The number of nitriles is 1. The van der Waals surface area contributed by atoms with Gasteiger partial charge in [0.05, 0.1) is 24.0 Å². The number of rotatable bonds is 6. The third kappa shape index (κ3) is 5.81. The Kier molecular flexibility index (Phi) is 8.07. The van der Waals surface area contributed by atoms with Gasteiger partial charge in [0, 0.05) is 37.7 Å². The molecule has 1 fully saturated rings. The molecule has 1 aromatic carbocycles. The minimum atomic E-state index is -0.493. The van der Waals surface area contributed by atoms with Gasteiger partial charge in [-0.15, -0.1) is 0 Å². The van der Waals surface area contributed by atoms with E-state index in [1.54, 1.807) is 44.5 Å². The van der Waals surface area contributed by atoms with Crippen molar-refractivity contribution in [2.24, 2.45) is 18.1 Å². The van der Waals surface area contributed by atoms with Gasteiger partial charge in [0.1, 0.15) is 39.4 Å². The van der Waals surface area contributed by atoms with E-state index in [4.69, 9.17) is 21.2 Å². The topological polar surface area (TPSA) is 113 Å². The zero-order chi connectivity index (χ0) is 28.5. The second-order valence-electron chi connectivity index (χ2n) is 10.9. The first-order chi connectivity index (χ1) is 18.4. The summed E-state index contributed by atoms with van der Waals surface area (Å²) in [6.45, 7) is 5.78. The lowest BCUT2D eigenvalue weighted by molar-refractivity contribution is -0.0000598. The fourth-order valence-corrected chi connectivity index (χ4v) is 5.27. The zero-order valence-corrected chi connectivity index (χ0v) is 23.9. The second-order valence-corrected chi connectivity index (χ2v) is 11.3. The molecule has 2 aromatic heterocycles. The Bertz CT molecular complexity index is 1510. The van der Waals surface area contributed by atoms with Gasteiger partial charge in [0.15, 0.2) is 0 Å². The first-order valence-electron chi connectivity index (χ1n) is 12.9. The first kappa shape index (κ1) is 28.2. The van der Waals surface area contributed by atoms with E-state index < -0.39 is 5.60 Å². The van der Waals surface area contributed by atoms with E-state index in [0.29, 0.717) is 38.9 Å².